The van der Waals surface area contributed by atoms with Crippen LogP contribution < -0.4 is 10.9 Å². The van der Waals surface area contributed by atoms with E-state index in [4.69, 9.17) is 4.98 Å². The Morgan fingerprint density at radius 1 is 1.09 bits per heavy atom. The molecule has 0 atom stereocenters. The third-order valence-electron chi connectivity index (χ3n) is 5.80. The lowest BCUT2D eigenvalue weighted by molar-refractivity contribution is -0.118. The molecule has 1 heterocycles. The van der Waals surface area contributed by atoms with Crippen molar-refractivity contribution in [2.24, 2.45) is 5.92 Å². The Hall–Kier alpha value is -2.93. The van der Waals surface area contributed by atoms with Gasteiger partial charge >= 0.3 is 0 Å². The molecule has 4 rings (SSSR count). The number of benzene rings is 2. The van der Waals surface area contributed by atoms with E-state index in [1.807, 2.05) is 38.1 Å². The van der Waals surface area contributed by atoms with Gasteiger partial charge in [-0.1, -0.05) is 50.6 Å². The van der Waals surface area contributed by atoms with E-state index in [9.17, 15) is 14.4 Å². The molecule has 6 nitrogen and oxygen atoms in total. The second-order valence-electron chi connectivity index (χ2n) is 8.46. The van der Waals surface area contributed by atoms with E-state index in [1.54, 1.807) is 28.8 Å². The molecule has 0 unspecified atom stereocenters. The Morgan fingerprint density at radius 2 is 1.78 bits per heavy atom. The summed E-state index contributed by atoms with van der Waals surface area (Å²) in [5.74, 6) is -0.0292. The van der Waals surface area contributed by atoms with Crippen molar-refractivity contribution in [1.29, 1.82) is 0 Å². The molecule has 0 aliphatic heterocycles. The molecule has 166 valence electrons. The van der Waals surface area contributed by atoms with Crippen LogP contribution in [0.2, 0.25) is 0 Å². The Bertz CT molecular complexity index is 1200. The molecular formula is C25H27N3O3S. The number of nitrogens with one attached hydrogen (secondary N) is 1. The fourth-order valence-electron chi connectivity index (χ4n) is 3.95. The monoisotopic (exact) mass is 449 g/mol. The highest BCUT2D eigenvalue weighted by Crippen LogP contribution is 2.32. The van der Waals surface area contributed by atoms with Crippen LogP contribution in [0.4, 0.5) is 5.69 Å². The maximum Gasteiger partial charge on any atom is 0.262 e. The molecule has 7 heteroatoms. The number of Topliss-reactive ketones (excluding diaryl/α,β-unsaturated/α-hetero) is 1. The first-order valence-electron chi connectivity index (χ1n) is 11.0. The van der Waals surface area contributed by atoms with Gasteiger partial charge in [-0.25, -0.2) is 4.98 Å². The summed E-state index contributed by atoms with van der Waals surface area (Å²) in [4.78, 5) is 42.6. The molecule has 2 aromatic carbocycles. The molecule has 0 spiro atoms. The number of para-hydroxylation sites is 1. The zero-order valence-electron chi connectivity index (χ0n) is 18.3. The van der Waals surface area contributed by atoms with Crippen molar-refractivity contribution >= 4 is 40.0 Å². The molecule has 1 amide bonds. The summed E-state index contributed by atoms with van der Waals surface area (Å²) in [6, 6.07) is 14.4. The Labute approximate surface area is 191 Å². The van der Waals surface area contributed by atoms with Gasteiger partial charge in [-0.05, 0) is 49.2 Å². The molecule has 1 N–H and O–H groups in total. The molecule has 3 aromatic rings. The molecular weight excluding hydrogens is 422 g/mol. The largest absolute Gasteiger partial charge is 0.326 e. The SMILES string of the molecule is CC(C)C(=O)Nc1ccc(C(=O)CSc2nc3ccccc3c(=O)n2C2CCCC2)cc1. The number of ketones is 1. The van der Waals surface area contributed by atoms with E-state index >= 15 is 0 Å². The molecule has 0 radical (unpaired) electrons. The van der Waals surface area contributed by atoms with Gasteiger partial charge in [0.15, 0.2) is 10.9 Å². The summed E-state index contributed by atoms with van der Waals surface area (Å²) >= 11 is 1.32. The highest BCUT2D eigenvalue weighted by atomic mass is 32.2. The minimum absolute atomic E-state index is 0.0253. The van der Waals surface area contributed by atoms with Crippen LogP contribution in [-0.2, 0) is 4.79 Å². The highest BCUT2D eigenvalue weighted by molar-refractivity contribution is 7.99. The Kier molecular flexibility index (Phi) is 6.74. The molecule has 32 heavy (non-hydrogen) atoms. The molecule has 1 aliphatic carbocycles. The van der Waals surface area contributed by atoms with E-state index in [2.05, 4.69) is 5.32 Å². The predicted molar refractivity (Wildman–Crippen MR) is 128 cm³/mol. The van der Waals surface area contributed by atoms with Crippen molar-refractivity contribution in [2.75, 3.05) is 11.1 Å². The third kappa shape index (κ3) is 4.78. The number of carbonyl (C=O) groups is 2. The zero-order valence-corrected chi connectivity index (χ0v) is 19.2. The van der Waals surface area contributed by atoms with E-state index in [0.29, 0.717) is 27.3 Å². The van der Waals surface area contributed by atoms with Gasteiger partial charge < -0.3 is 5.32 Å². The average molecular weight is 450 g/mol. The number of thioether (sulfide) groups is 1. The highest BCUT2D eigenvalue weighted by Gasteiger charge is 2.23. The number of anilines is 1. The van der Waals surface area contributed by atoms with Crippen molar-refractivity contribution < 1.29 is 9.59 Å². The van der Waals surface area contributed by atoms with Crippen LogP contribution in [0.1, 0.15) is 55.9 Å². The minimum Gasteiger partial charge on any atom is -0.326 e. The summed E-state index contributed by atoms with van der Waals surface area (Å²) in [7, 11) is 0. The lowest BCUT2D eigenvalue weighted by Gasteiger charge is -2.18. The first-order chi connectivity index (χ1) is 15.4. The second-order valence-corrected chi connectivity index (χ2v) is 9.40. The predicted octanol–water partition coefficient (Wildman–Crippen LogP) is 5.08. The van der Waals surface area contributed by atoms with Crippen molar-refractivity contribution in [3.05, 3.63) is 64.4 Å². The number of hydrogen-bond acceptors (Lipinski definition) is 5. The number of aromatic nitrogens is 2. The maximum atomic E-state index is 13.2. The van der Waals surface area contributed by atoms with E-state index in [1.165, 1.54) is 11.8 Å². The zero-order chi connectivity index (χ0) is 22.7. The van der Waals surface area contributed by atoms with E-state index < -0.39 is 0 Å². The first-order valence-corrected chi connectivity index (χ1v) is 12.0. The molecule has 0 saturated heterocycles. The summed E-state index contributed by atoms with van der Waals surface area (Å²) in [6.07, 6.45) is 4.13. The number of fused-ring (bicyclic) bond motifs is 1. The Balaban J connectivity index is 1.53. The van der Waals surface area contributed by atoms with Gasteiger partial charge in [0, 0.05) is 23.2 Å². The van der Waals surface area contributed by atoms with Crippen molar-refractivity contribution in [1.82, 2.24) is 9.55 Å². The van der Waals surface area contributed by atoms with Gasteiger partial charge in [0.05, 0.1) is 16.7 Å². The standard InChI is InChI=1S/C25H27N3O3S/c1-16(2)23(30)26-18-13-11-17(12-14-18)22(29)15-32-25-27-21-10-6-5-9-20(21)24(31)28(25)19-7-3-4-8-19/h5-6,9-14,16,19H,3-4,7-8,15H2,1-2H3,(H,26,30). The van der Waals surface area contributed by atoms with Crippen molar-refractivity contribution in [3.63, 3.8) is 0 Å². The van der Waals surface area contributed by atoms with Crippen LogP contribution >= 0.6 is 11.8 Å². The topological polar surface area (TPSA) is 81.1 Å². The summed E-state index contributed by atoms with van der Waals surface area (Å²) in [6.45, 7) is 3.66. The maximum absolute atomic E-state index is 13.2. The number of hydrogen-bond donors (Lipinski definition) is 1. The summed E-state index contributed by atoms with van der Waals surface area (Å²) in [5.41, 5.74) is 1.87. The fourth-order valence-corrected chi connectivity index (χ4v) is 4.91. The lowest BCUT2D eigenvalue weighted by Crippen LogP contribution is -2.26. The van der Waals surface area contributed by atoms with Crippen molar-refractivity contribution in [3.8, 4) is 0 Å². The minimum atomic E-state index is -0.111. The van der Waals surface area contributed by atoms with Gasteiger partial charge in [0.2, 0.25) is 5.91 Å². The van der Waals surface area contributed by atoms with Gasteiger partial charge in [0.25, 0.3) is 5.56 Å². The molecule has 1 fully saturated rings. The Morgan fingerprint density at radius 3 is 2.47 bits per heavy atom. The summed E-state index contributed by atoms with van der Waals surface area (Å²) in [5, 5.41) is 4.05. The van der Waals surface area contributed by atoms with Gasteiger partial charge in [-0.15, -0.1) is 0 Å². The van der Waals surface area contributed by atoms with Crippen molar-refractivity contribution in [2.45, 2.75) is 50.7 Å². The number of nitrogens with zero attached hydrogens (tertiary/aromatic N) is 2. The lowest BCUT2D eigenvalue weighted by atomic mass is 10.1. The van der Waals surface area contributed by atoms with Crippen LogP contribution in [0.5, 0.6) is 0 Å². The van der Waals surface area contributed by atoms with Crippen LogP contribution in [0.3, 0.4) is 0 Å². The smallest absolute Gasteiger partial charge is 0.262 e. The van der Waals surface area contributed by atoms with Gasteiger partial charge in [-0.2, -0.15) is 0 Å². The quantitative estimate of drug-likeness (QED) is 0.309. The normalized spacial score (nSPS) is 14.2. The third-order valence-corrected chi connectivity index (χ3v) is 6.75. The van der Waals surface area contributed by atoms with Crippen LogP contribution in [-0.4, -0.2) is 27.0 Å². The van der Waals surface area contributed by atoms with Gasteiger partial charge in [-0.3, -0.25) is 19.0 Å². The number of rotatable bonds is 7. The molecule has 1 aliphatic rings. The van der Waals surface area contributed by atoms with Crippen LogP contribution in [0.25, 0.3) is 10.9 Å². The van der Waals surface area contributed by atoms with E-state index in [0.717, 1.165) is 25.7 Å². The molecule has 1 saturated carbocycles. The first kappa shape index (κ1) is 22.3. The molecule has 1 aromatic heterocycles. The van der Waals surface area contributed by atoms with Crippen LogP contribution in [0, 0.1) is 5.92 Å². The average Bonchev–Trinajstić information content (AvgIpc) is 3.32. The summed E-state index contributed by atoms with van der Waals surface area (Å²) < 4.78 is 1.80. The number of carbonyl (C=O) groups excluding carboxylic acids is 2. The van der Waals surface area contributed by atoms with E-state index in [-0.39, 0.29) is 35.0 Å². The van der Waals surface area contributed by atoms with Gasteiger partial charge in [0.1, 0.15) is 0 Å². The molecule has 0 bridgehead atoms. The second kappa shape index (κ2) is 9.69. The fraction of sp³-hybridized carbons (Fsp3) is 0.360. The van der Waals surface area contributed by atoms with Crippen LogP contribution in [0.15, 0.2) is 58.5 Å². The number of amides is 1.